The summed E-state index contributed by atoms with van der Waals surface area (Å²) in [6.07, 6.45) is 15.0. The van der Waals surface area contributed by atoms with E-state index >= 15 is 0 Å². The highest BCUT2D eigenvalue weighted by atomic mass is 15.2. The van der Waals surface area contributed by atoms with Gasteiger partial charge < -0.3 is 10.2 Å². The van der Waals surface area contributed by atoms with Crippen LogP contribution < -0.4 is 10.2 Å². The van der Waals surface area contributed by atoms with Gasteiger partial charge in [0.1, 0.15) is 0 Å². The van der Waals surface area contributed by atoms with Crippen molar-refractivity contribution in [1.29, 1.82) is 0 Å². The van der Waals surface area contributed by atoms with Crippen molar-refractivity contribution in [1.82, 2.24) is 10.3 Å². The van der Waals surface area contributed by atoms with Gasteiger partial charge in [0.2, 0.25) is 0 Å². The van der Waals surface area contributed by atoms with Gasteiger partial charge in [-0.1, -0.05) is 59.1 Å². The summed E-state index contributed by atoms with van der Waals surface area (Å²) in [5, 5.41) is 3.10. The molecule has 0 radical (unpaired) electrons. The lowest BCUT2D eigenvalue weighted by atomic mass is 9.99. The van der Waals surface area contributed by atoms with Gasteiger partial charge in [0.15, 0.2) is 0 Å². The quantitative estimate of drug-likeness (QED) is 0.444. The van der Waals surface area contributed by atoms with E-state index in [9.17, 15) is 0 Å². The minimum absolute atomic E-state index is 0.478. The molecule has 1 aliphatic heterocycles. The second kappa shape index (κ2) is 10.3. The van der Waals surface area contributed by atoms with E-state index in [1.165, 1.54) is 22.5 Å². The van der Waals surface area contributed by atoms with Gasteiger partial charge in [0.05, 0.1) is 0 Å². The number of anilines is 1. The first-order chi connectivity index (χ1) is 15.0. The van der Waals surface area contributed by atoms with E-state index in [4.69, 9.17) is 0 Å². The number of allylic oxidation sites excluding steroid dienone is 4. The average Bonchev–Trinajstić information content (AvgIpc) is 3.10. The van der Waals surface area contributed by atoms with Crippen LogP contribution in [0.1, 0.15) is 51.7 Å². The van der Waals surface area contributed by atoms with E-state index in [2.05, 4.69) is 92.5 Å². The lowest BCUT2D eigenvalue weighted by Crippen LogP contribution is -2.30. The normalized spacial score (nSPS) is 14.1. The Labute approximate surface area is 187 Å². The third-order valence-corrected chi connectivity index (χ3v) is 5.80. The van der Waals surface area contributed by atoms with Crippen molar-refractivity contribution in [3.63, 3.8) is 0 Å². The van der Waals surface area contributed by atoms with Crippen LogP contribution in [0.5, 0.6) is 0 Å². The predicted octanol–water partition coefficient (Wildman–Crippen LogP) is 7.10. The molecule has 0 bridgehead atoms. The maximum atomic E-state index is 4.54. The first kappa shape index (κ1) is 22.6. The van der Waals surface area contributed by atoms with Gasteiger partial charge in [0, 0.05) is 53.6 Å². The minimum Gasteiger partial charge on any atom is -0.368 e. The zero-order valence-electron chi connectivity index (χ0n) is 19.4. The Balaban J connectivity index is 1.96. The molecule has 3 rings (SSSR count). The number of nitrogens with one attached hydrogen (secondary N) is 1. The van der Waals surface area contributed by atoms with Crippen molar-refractivity contribution in [3.8, 4) is 11.1 Å². The molecule has 1 N–H and O–H groups in total. The van der Waals surface area contributed by atoms with Gasteiger partial charge in [-0.2, -0.15) is 0 Å². The number of pyridine rings is 1. The second-order valence-electron chi connectivity index (χ2n) is 8.46. The third-order valence-electron chi connectivity index (χ3n) is 5.80. The summed E-state index contributed by atoms with van der Waals surface area (Å²) in [5.41, 5.74) is 8.33. The number of hydrogen-bond donors (Lipinski definition) is 1. The highest BCUT2D eigenvalue weighted by molar-refractivity contribution is 5.78. The SMILES string of the molecule is C=CN/C=C(\C=C/C(C)C)c1cncc(-c2ccc3c(c2)CC(=C)N3C(CC)CC)c1. The Kier molecular flexibility index (Phi) is 7.51. The number of nitrogens with zero attached hydrogens (tertiary/aromatic N) is 2. The Morgan fingerprint density at radius 3 is 2.61 bits per heavy atom. The Bertz CT molecular complexity index is 993. The van der Waals surface area contributed by atoms with Gasteiger partial charge in [-0.05, 0) is 59.9 Å². The van der Waals surface area contributed by atoms with Crippen molar-refractivity contribution in [2.24, 2.45) is 5.92 Å². The smallest absolute Gasteiger partial charge is 0.0447 e. The molecule has 1 aromatic heterocycles. The van der Waals surface area contributed by atoms with Crippen LogP contribution in [-0.4, -0.2) is 11.0 Å². The number of rotatable bonds is 9. The second-order valence-corrected chi connectivity index (χ2v) is 8.46. The summed E-state index contributed by atoms with van der Waals surface area (Å²) in [7, 11) is 0. The summed E-state index contributed by atoms with van der Waals surface area (Å²) in [5.74, 6) is 0.478. The Morgan fingerprint density at radius 2 is 1.94 bits per heavy atom. The molecule has 1 aromatic carbocycles. The molecule has 0 unspecified atom stereocenters. The molecule has 0 amide bonds. The van der Waals surface area contributed by atoms with E-state index in [0.717, 1.165) is 36.0 Å². The van der Waals surface area contributed by atoms with E-state index in [-0.39, 0.29) is 0 Å². The maximum Gasteiger partial charge on any atom is 0.0447 e. The summed E-state index contributed by atoms with van der Waals surface area (Å²) < 4.78 is 0. The molecule has 0 saturated carbocycles. The zero-order chi connectivity index (χ0) is 22.4. The molecule has 31 heavy (non-hydrogen) atoms. The molecule has 2 aromatic rings. The molecule has 0 spiro atoms. The molecule has 0 saturated heterocycles. The Morgan fingerprint density at radius 1 is 1.16 bits per heavy atom. The molecule has 162 valence electrons. The fraction of sp³-hybridized carbons (Fsp3) is 0.321. The molecular weight excluding hydrogens is 378 g/mol. The first-order valence-corrected chi connectivity index (χ1v) is 11.3. The van der Waals surface area contributed by atoms with Crippen molar-refractivity contribution in [2.45, 2.75) is 53.0 Å². The van der Waals surface area contributed by atoms with Crippen molar-refractivity contribution in [2.75, 3.05) is 4.90 Å². The highest BCUT2D eigenvalue weighted by Crippen LogP contribution is 2.39. The standard InChI is InChI=1S/C28H35N3/c1-7-27(8-2)31-21(6)14-24-15-22(12-13-28(24)31)25-16-26(19-30-18-25)23(17-29-9-3)11-10-20(4)5/h9-13,15-20,27,29H,3,6-8,14H2,1-2,4-5H3/b11-10-,23-17+. The molecule has 2 heterocycles. The van der Waals surface area contributed by atoms with E-state index in [0.29, 0.717) is 12.0 Å². The molecular formula is C28H35N3. The van der Waals surface area contributed by atoms with Gasteiger partial charge in [-0.25, -0.2) is 0 Å². The molecule has 0 atom stereocenters. The topological polar surface area (TPSA) is 28.2 Å². The number of hydrogen-bond acceptors (Lipinski definition) is 3. The van der Waals surface area contributed by atoms with Gasteiger partial charge in [-0.15, -0.1) is 0 Å². The van der Waals surface area contributed by atoms with Crippen LogP contribution >= 0.6 is 0 Å². The average molecular weight is 414 g/mol. The van der Waals surface area contributed by atoms with Crippen LogP contribution in [0.2, 0.25) is 0 Å². The summed E-state index contributed by atoms with van der Waals surface area (Å²) in [6.45, 7) is 17.0. The molecule has 3 heteroatoms. The van der Waals surface area contributed by atoms with Gasteiger partial charge in [0.25, 0.3) is 0 Å². The number of benzene rings is 1. The number of aromatic nitrogens is 1. The third kappa shape index (κ3) is 5.16. The van der Waals surface area contributed by atoms with E-state index in [1.807, 2.05) is 18.6 Å². The summed E-state index contributed by atoms with van der Waals surface area (Å²) >= 11 is 0. The van der Waals surface area contributed by atoms with E-state index in [1.54, 1.807) is 6.20 Å². The fourth-order valence-electron chi connectivity index (χ4n) is 4.15. The Hall–Kier alpha value is -3.07. The molecule has 0 aliphatic carbocycles. The van der Waals surface area contributed by atoms with Crippen LogP contribution in [0.25, 0.3) is 16.7 Å². The fourth-order valence-corrected chi connectivity index (χ4v) is 4.15. The summed E-state index contributed by atoms with van der Waals surface area (Å²) in [4.78, 5) is 6.98. The van der Waals surface area contributed by atoms with Crippen molar-refractivity contribution >= 4 is 11.3 Å². The molecule has 3 nitrogen and oxygen atoms in total. The van der Waals surface area contributed by atoms with E-state index < -0.39 is 0 Å². The lowest BCUT2D eigenvalue weighted by Gasteiger charge is -2.29. The highest BCUT2D eigenvalue weighted by Gasteiger charge is 2.27. The van der Waals surface area contributed by atoms with Crippen molar-refractivity contribution in [3.05, 3.63) is 91.2 Å². The lowest BCUT2D eigenvalue weighted by molar-refractivity contribution is 0.598. The number of fused-ring (bicyclic) bond motifs is 1. The summed E-state index contributed by atoms with van der Waals surface area (Å²) in [6, 6.07) is 9.49. The van der Waals surface area contributed by atoms with Crippen LogP contribution in [0.4, 0.5) is 5.69 Å². The van der Waals surface area contributed by atoms with Crippen LogP contribution in [0, 0.1) is 5.92 Å². The first-order valence-electron chi connectivity index (χ1n) is 11.3. The van der Waals surface area contributed by atoms with Crippen LogP contribution in [-0.2, 0) is 6.42 Å². The van der Waals surface area contributed by atoms with Crippen LogP contribution in [0.3, 0.4) is 0 Å². The van der Waals surface area contributed by atoms with Crippen molar-refractivity contribution < 1.29 is 0 Å². The molecule has 1 aliphatic rings. The maximum absolute atomic E-state index is 4.54. The zero-order valence-corrected chi connectivity index (χ0v) is 19.4. The minimum atomic E-state index is 0.478. The van der Waals surface area contributed by atoms with Gasteiger partial charge >= 0.3 is 0 Å². The van der Waals surface area contributed by atoms with Gasteiger partial charge in [-0.3, -0.25) is 4.98 Å². The molecule has 0 fully saturated rings. The largest absolute Gasteiger partial charge is 0.368 e. The van der Waals surface area contributed by atoms with Crippen LogP contribution in [0.15, 0.2) is 80.1 Å². The predicted molar refractivity (Wildman–Crippen MR) is 135 cm³/mol. The monoisotopic (exact) mass is 413 g/mol.